The molecule has 0 unspecified atom stereocenters. The first-order chi connectivity index (χ1) is 22.0. The summed E-state index contributed by atoms with van der Waals surface area (Å²) in [5, 5.41) is 0. The Balaban J connectivity index is 0.000000256. The Morgan fingerprint density at radius 2 is 1.09 bits per heavy atom. The van der Waals surface area contributed by atoms with E-state index in [0.717, 1.165) is 35.4 Å². The minimum atomic E-state index is -4.40. The third kappa shape index (κ3) is 11.1. The van der Waals surface area contributed by atoms with Gasteiger partial charge in [-0.15, -0.1) is 0 Å². The Labute approximate surface area is 268 Å². The number of rotatable bonds is 9. The molecule has 0 aliphatic carbocycles. The molecule has 0 aliphatic heterocycles. The lowest BCUT2D eigenvalue weighted by atomic mass is 10.1. The topological polar surface area (TPSA) is 72.4 Å². The quantitative estimate of drug-likeness (QED) is 0.144. The highest BCUT2D eigenvalue weighted by Crippen LogP contribution is 2.35. The molecule has 2 N–H and O–H groups in total. The summed E-state index contributed by atoms with van der Waals surface area (Å²) >= 11 is 0. The van der Waals surface area contributed by atoms with Crippen molar-refractivity contribution in [2.24, 2.45) is 5.73 Å². The second kappa shape index (κ2) is 15.5. The molecule has 0 aromatic heterocycles. The fourth-order valence-corrected chi connectivity index (χ4v) is 4.13. The SMILES string of the molecule is CN(C)Cc1ccc(C(N)=O)cc1Oc1ccc(C(F)(F)F)cc1.[C-]#[N+]c1ccc(CN(C)C)c(Oc2ccc(C(F)(F)F)cc2)c1. The van der Waals surface area contributed by atoms with Crippen LogP contribution >= 0.6 is 0 Å². The predicted octanol–water partition coefficient (Wildman–Crippen LogP) is 8.77. The lowest BCUT2D eigenvalue weighted by Gasteiger charge is -2.16. The van der Waals surface area contributed by atoms with E-state index in [1.165, 1.54) is 30.3 Å². The second-order valence-corrected chi connectivity index (χ2v) is 10.8. The molecule has 47 heavy (non-hydrogen) atoms. The fraction of sp³-hybridized carbons (Fsp3) is 0.235. The van der Waals surface area contributed by atoms with Crippen LogP contribution in [0.1, 0.15) is 32.6 Å². The summed E-state index contributed by atoms with van der Waals surface area (Å²) in [5.74, 6) is 0.764. The number of hydrogen-bond acceptors (Lipinski definition) is 5. The van der Waals surface area contributed by atoms with Gasteiger partial charge >= 0.3 is 12.4 Å². The van der Waals surface area contributed by atoms with Crippen LogP contribution in [-0.2, 0) is 25.4 Å². The van der Waals surface area contributed by atoms with Crippen LogP contribution in [-0.4, -0.2) is 43.9 Å². The number of carbonyl (C=O) groups excluding carboxylic acids is 1. The van der Waals surface area contributed by atoms with Crippen LogP contribution < -0.4 is 15.2 Å². The van der Waals surface area contributed by atoms with Crippen LogP contribution in [0.15, 0.2) is 84.9 Å². The highest BCUT2D eigenvalue weighted by atomic mass is 19.4. The van der Waals surface area contributed by atoms with Gasteiger partial charge in [0.2, 0.25) is 5.91 Å². The van der Waals surface area contributed by atoms with E-state index in [-0.39, 0.29) is 11.3 Å². The van der Waals surface area contributed by atoms with Crippen molar-refractivity contribution in [3.05, 3.63) is 124 Å². The van der Waals surface area contributed by atoms with Crippen LogP contribution in [0.4, 0.5) is 32.0 Å². The lowest BCUT2D eigenvalue weighted by Crippen LogP contribution is -2.14. The van der Waals surface area contributed by atoms with Crippen molar-refractivity contribution in [1.29, 1.82) is 0 Å². The molecule has 13 heteroatoms. The minimum Gasteiger partial charge on any atom is -0.458 e. The molecule has 248 valence electrons. The Bertz CT molecular complexity index is 1700. The van der Waals surface area contributed by atoms with Crippen molar-refractivity contribution >= 4 is 11.6 Å². The number of alkyl halides is 6. The number of benzene rings is 4. The van der Waals surface area contributed by atoms with Gasteiger partial charge in [-0.05, 0) is 94.9 Å². The molecule has 4 rings (SSSR count). The summed E-state index contributed by atoms with van der Waals surface area (Å²) in [6, 6.07) is 18.7. The van der Waals surface area contributed by atoms with E-state index in [2.05, 4.69) is 4.85 Å². The number of primary amides is 1. The molecule has 4 aromatic carbocycles. The van der Waals surface area contributed by atoms with Gasteiger partial charge in [0.1, 0.15) is 23.0 Å². The maximum Gasteiger partial charge on any atom is 0.416 e. The van der Waals surface area contributed by atoms with Gasteiger partial charge in [-0.2, -0.15) is 26.3 Å². The first kappa shape index (κ1) is 36.4. The van der Waals surface area contributed by atoms with Gasteiger partial charge < -0.3 is 25.0 Å². The molecule has 0 bridgehead atoms. The standard InChI is InChI=1S/C17H17F3N2O2.C17H15F3N2O/c1-22(2)10-12-4-3-11(16(21)23)9-15(12)24-14-7-5-13(6-8-14)17(18,19)20;1-21-14-7-4-12(11-22(2)3)16(10-14)23-15-8-5-13(6-9-15)17(18,19)20/h3-9H,10H2,1-2H3,(H2,21,23);4-10H,11H2,2-3H3. The zero-order valence-electron chi connectivity index (χ0n) is 25.9. The Morgan fingerprint density at radius 3 is 1.45 bits per heavy atom. The molecule has 7 nitrogen and oxygen atoms in total. The average Bonchev–Trinajstić information content (AvgIpc) is 2.98. The van der Waals surface area contributed by atoms with Crippen LogP contribution in [0.25, 0.3) is 4.85 Å². The number of nitrogens with two attached hydrogens (primary N) is 1. The maximum atomic E-state index is 12.6. The van der Waals surface area contributed by atoms with Crippen LogP contribution in [0, 0.1) is 6.57 Å². The molecular weight excluding hydrogens is 626 g/mol. The van der Waals surface area contributed by atoms with Gasteiger partial charge in [0.05, 0.1) is 17.7 Å². The smallest absolute Gasteiger partial charge is 0.416 e. The number of amides is 1. The molecular formula is C34H32F6N4O3. The zero-order valence-corrected chi connectivity index (χ0v) is 25.9. The molecule has 0 fully saturated rings. The van der Waals surface area contributed by atoms with Crippen molar-refractivity contribution < 1.29 is 40.6 Å². The first-order valence-corrected chi connectivity index (χ1v) is 13.9. The van der Waals surface area contributed by atoms with Crippen molar-refractivity contribution in [1.82, 2.24) is 9.80 Å². The molecule has 0 aliphatic rings. The number of ether oxygens (including phenoxy) is 2. The molecule has 0 heterocycles. The van der Waals surface area contributed by atoms with Gasteiger partial charge in [-0.1, -0.05) is 18.2 Å². The highest BCUT2D eigenvalue weighted by molar-refractivity contribution is 5.93. The van der Waals surface area contributed by atoms with Crippen LogP contribution in [0.5, 0.6) is 23.0 Å². The van der Waals surface area contributed by atoms with E-state index in [1.807, 2.05) is 38.0 Å². The van der Waals surface area contributed by atoms with Crippen molar-refractivity contribution in [2.75, 3.05) is 28.2 Å². The zero-order chi connectivity index (χ0) is 34.9. The van der Waals surface area contributed by atoms with Gasteiger partial charge in [0.25, 0.3) is 0 Å². The maximum absolute atomic E-state index is 12.6. The first-order valence-electron chi connectivity index (χ1n) is 13.9. The average molecular weight is 659 g/mol. The monoisotopic (exact) mass is 658 g/mol. The number of hydrogen-bond donors (Lipinski definition) is 1. The highest BCUT2D eigenvalue weighted by Gasteiger charge is 2.31. The van der Waals surface area contributed by atoms with Gasteiger partial charge in [0, 0.05) is 29.8 Å². The molecule has 0 spiro atoms. The van der Waals surface area contributed by atoms with E-state index >= 15 is 0 Å². The van der Waals surface area contributed by atoms with E-state index in [4.69, 9.17) is 21.8 Å². The largest absolute Gasteiger partial charge is 0.458 e. The lowest BCUT2D eigenvalue weighted by molar-refractivity contribution is -0.138. The molecule has 0 atom stereocenters. The molecule has 0 saturated carbocycles. The van der Waals surface area contributed by atoms with Crippen LogP contribution in [0.2, 0.25) is 0 Å². The van der Waals surface area contributed by atoms with Gasteiger partial charge in [0.15, 0.2) is 5.69 Å². The Morgan fingerprint density at radius 1 is 0.681 bits per heavy atom. The van der Waals surface area contributed by atoms with E-state index in [0.29, 0.717) is 36.0 Å². The molecule has 0 radical (unpaired) electrons. The normalized spacial score (nSPS) is 11.5. The molecule has 1 amide bonds. The Hall–Kier alpha value is -5.06. The van der Waals surface area contributed by atoms with Gasteiger partial charge in [-0.25, -0.2) is 4.85 Å². The summed E-state index contributed by atoms with van der Waals surface area (Å²) in [6.45, 7) is 8.19. The van der Waals surface area contributed by atoms with Crippen molar-refractivity contribution in [3.8, 4) is 23.0 Å². The predicted molar refractivity (Wildman–Crippen MR) is 165 cm³/mol. The van der Waals surface area contributed by atoms with E-state index < -0.39 is 29.4 Å². The minimum absolute atomic E-state index is 0.240. The summed E-state index contributed by atoms with van der Waals surface area (Å²) in [7, 11) is 7.52. The molecule has 0 saturated heterocycles. The number of nitrogens with zero attached hydrogens (tertiary/aromatic N) is 3. The number of carbonyl (C=O) groups is 1. The molecule has 4 aromatic rings. The third-order valence-electron chi connectivity index (χ3n) is 6.32. The Kier molecular flexibility index (Phi) is 12.0. The number of halogens is 6. The summed E-state index contributed by atoms with van der Waals surface area (Å²) in [4.78, 5) is 18.5. The van der Waals surface area contributed by atoms with Crippen molar-refractivity contribution in [2.45, 2.75) is 25.4 Å². The fourth-order valence-electron chi connectivity index (χ4n) is 4.13. The van der Waals surface area contributed by atoms with E-state index in [1.54, 1.807) is 30.3 Å². The van der Waals surface area contributed by atoms with E-state index in [9.17, 15) is 31.1 Å². The van der Waals surface area contributed by atoms with Gasteiger partial charge in [-0.3, -0.25) is 4.79 Å². The summed E-state index contributed by atoms with van der Waals surface area (Å²) < 4.78 is 86.9. The summed E-state index contributed by atoms with van der Waals surface area (Å²) in [5.41, 5.74) is 6.09. The second-order valence-electron chi connectivity index (χ2n) is 10.8. The third-order valence-corrected chi connectivity index (χ3v) is 6.32. The summed E-state index contributed by atoms with van der Waals surface area (Å²) in [6.07, 6.45) is -8.78. The van der Waals surface area contributed by atoms with Crippen molar-refractivity contribution in [3.63, 3.8) is 0 Å². The van der Waals surface area contributed by atoms with Crippen LogP contribution in [0.3, 0.4) is 0 Å².